The molecule has 1 aliphatic rings. The van der Waals surface area contributed by atoms with Gasteiger partial charge in [0.25, 0.3) is 0 Å². The third-order valence-electron chi connectivity index (χ3n) is 4.23. The molecule has 2 aromatic carbocycles. The maximum atomic E-state index is 12.5. The highest BCUT2D eigenvalue weighted by Gasteiger charge is 2.56. The van der Waals surface area contributed by atoms with Crippen LogP contribution in [-0.4, -0.2) is 17.0 Å². The van der Waals surface area contributed by atoms with E-state index in [1.165, 1.54) is 0 Å². The highest BCUT2D eigenvalue weighted by atomic mass is 16.4. The molecule has 3 rings (SSSR count). The minimum atomic E-state index is -0.973. The van der Waals surface area contributed by atoms with E-state index in [4.69, 9.17) is 0 Å². The second-order valence-corrected chi connectivity index (χ2v) is 6.03. The number of nitrogens with zero attached hydrogens (tertiary/aromatic N) is 1. The van der Waals surface area contributed by atoms with E-state index in [1.807, 2.05) is 50.2 Å². The minimum absolute atomic E-state index is 0.00360. The molecule has 0 radical (unpaired) electrons. The van der Waals surface area contributed by atoms with E-state index < -0.39 is 11.4 Å². The molecule has 0 saturated carbocycles. The SMILES string of the molecule is CC1(C)C(=O)N(c2ccccc2)C1c1ccccc1C(=O)O. The summed E-state index contributed by atoms with van der Waals surface area (Å²) in [5.74, 6) is -0.970. The number of carboxylic acids is 1. The van der Waals surface area contributed by atoms with E-state index in [0.717, 1.165) is 5.69 Å². The van der Waals surface area contributed by atoms with Gasteiger partial charge in [-0.15, -0.1) is 0 Å². The van der Waals surface area contributed by atoms with Gasteiger partial charge >= 0.3 is 5.97 Å². The summed E-state index contributed by atoms with van der Waals surface area (Å²) in [6.07, 6.45) is 0. The Hall–Kier alpha value is -2.62. The average molecular weight is 295 g/mol. The molecule has 112 valence electrons. The summed E-state index contributed by atoms with van der Waals surface area (Å²) < 4.78 is 0. The van der Waals surface area contributed by atoms with Crippen LogP contribution in [0.25, 0.3) is 0 Å². The second-order valence-electron chi connectivity index (χ2n) is 6.03. The lowest BCUT2D eigenvalue weighted by atomic mass is 9.69. The number of anilines is 1. The highest BCUT2D eigenvalue weighted by molar-refractivity contribution is 6.06. The van der Waals surface area contributed by atoms with Crippen molar-refractivity contribution in [2.24, 2.45) is 5.41 Å². The van der Waals surface area contributed by atoms with E-state index in [0.29, 0.717) is 5.56 Å². The number of β-lactam (4-membered cyclic amide) rings is 1. The Bertz CT molecular complexity index is 737. The molecule has 1 unspecified atom stereocenters. The summed E-state index contributed by atoms with van der Waals surface area (Å²) in [5, 5.41) is 9.42. The normalized spacial score (nSPS) is 19.6. The van der Waals surface area contributed by atoms with Gasteiger partial charge in [0.05, 0.1) is 17.0 Å². The molecule has 0 spiro atoms. The lowest BCUT2D eigenvalue weighted by molar-refractivity contribution is -0.137. The van der Waals surface area contributed by atoms with Crippen molar-refractivity contribution in [1.29, 1.82) is 0 Å². The summed E-state index contributed by atoms with van der Waals surface area (Å²) in [4.78, 5) is 25.7. The Balaban J connectivity index is 2.11. The van der Waals surface area contributed by atoms with Crippen molar-refractivity contribution in [3.63, 3.8) is 0 Å². The van der Waals surface area contributed by atoms with Gasteiger partial charge in [0.1, 0.15) is 0 Å². The fourth-order valence-corrected chi connectivity index (χ4v) is 3.11. The maximum absolute atomic E-state index is 12.5. The van der Waals surface area contributed by atoms with E-state index in [2.05, 4.69) is 0 Å². The van der Waals surface area contributed by atoms with Gasteiger partial charge in [-0.2, -0.15) is 0 Å². The zero-order chi connectivity index (χ0) is 15.9. The summed E-state index contributed by atoms with van der Waals surface area (Å²) in [5.41, 5.74) is 1.08. The topological polar surface area (TPSA) is 57.6 Å². The van der Waals surface area contributed by atoms with Crippen LogP contribution in [0.1, 0.15) is 35.8 Å². The lowest BCUT2D eigenvalue weighted by Gasteiger charge is -2.53. The number of para-hydroxylation sites is 1. The number of benzene rings is 2. The molecular formula is C18H17NO3. The van der Waals surface area contributed by atoms with Gasteiger partial charge in [-0.3, -0.25) is 4.79 Å². The van der Waals surface area contributed by atoms with Crippen LogP contribution in [0.3, 0.4) is 0 Å². The van der Waals surface area contributed by atoms with Gasteiger partial charge in [-0.25, -0.2) is 4.79 Å². The van der Waals surface area contributed by atoms with Crippen LogP contribution < -0.4 is 4.90 Å². The monoisotopic (exact) mass is 295 g/mol. The first-order valence-electron chi connectivity index (χ1n) is 7.15. The minimum Gasteiger partial charge on any atom is -0.478 e. The van der Waals surface area contributed by atoms with Crippen LogP contribution in [0.2, 0.25) is 0 Å². The number of amides is 1. The van der Waals surface area contributed by atoms with E-state index in [-0.39, 0.29) is 17.5 Å². The van der Waals surface area contributed by atoms with Gasteiger partial charge in [-0.05, 0) is 37.6 Å². The van der Waals surface area contributed by atoms with Crippen molar-refractivity contribution in [3.05, 3.63) is 65.7 Å². The van der Waals surface area contributed by atoms with Crippen molar-refractivity contribution in [2.75, 3.05) is 4.90 Å². The Morgan fingerprint density at radius 3 is 2.27 bits per heavy atom. The molecule has 0 aliphatic carbocycles. The molecule has 2 aromatic rings. The Kier molecular flexibility index (Phi) is 3.24. The number of carbonyl (C=O) groups is 2. The van der Waals surface area contributed by atoms with Crippen molar-refractivity contribution in [2.45, 2.75) is 19.9 Å². The molecule has 1 atom stereocenters. The number of hydrogen-bond donors (Lipinski definition) is 1. The number of aromatic carboxylic acids is 1. The molecule has 4 nitrogen and oxygen atoms in total. The first-order valence-corrected chi connectivity index (χ1v) is 7.15. The van der Waals surface area contributed by atoms with Gasteiger partial charge in [0.15, 0.2) is 0 Å². The predicted octanol–water partition coefficient (Wildman–Crippen LogP) is 3.50. The quantitative estimate of drug-likeness (QED) is 0.882. The fraction of sp³-hybridized carbons (Fsp3) is 0.222. The Morgan fingerprint density at radius 2 is 1.64 bits per heavy atom. The average Bonchev–Trinajstić information content (AvgIpc) is 2.52. The maximum Gasteiger partial charge on any atom is 0.336 e. The molecule has 1 aliphatic heterocycles. The second kappa shape index (κ2) is 4.98. The largest absolute Gasteiger partial charge is 0.478 e. The number of carboxylic acid groups (broad SMARTS) is 1. The Labute approximate surface area is 129 Å². The third kappa shape index (κ3) is 1.99. The van der Waals surface area contributed by atoms with Crippen LogP contribution in [0.15, 0.2) is 54.6 Å². The molecule has 1 N–H and O–H groups in total. The van der Waals surface area contributed by atoms with Gasteiger partial charge in [0.2, 0.25) is 5.91 Å². The van der Waals surface area contributed by atoms with Gasteiger partial charge < -0.3 is 10.0 Å². The van der Waals surface area contributed by atoms with Gasteiger partial charge in [-0.1, -0.05) is 36.4 Å². The lowest BCUT2D eigenvalue weighted by Crippen LogP contribution is -2.61. The molecular weight excluding hydrogens is 278 g/mol. The zero-order valence-electron chi connectivity index (χ0n) is 12.5. The Morgan fingerprint density at radius 1 is 1.05 bits per heavy atom. The molecule has 1 saturated heterocycles. The van der Waals surface area contributed by atoms with E-state index >= 15 is 0 Å². The van der Waals surface area contributed by atoms with Crippen molar-refractivity contribution in [1.82, 2.24) is 0 Å². The number of rotatable bonds is 3. The van der Waals surface area contributed by atoms with Crippen molar-refractivity contribution in [3.8, 4) is 0 Å². The van der Waals surface area contributed by atoms with E-state index in [1.54, 1.807) is 23.1 Å². The first-order chi connectivity index (χ1) is 10.4. The third-order valence-corrected chi connectivity index (χ3v) is 4.23. The van der Waals surface area contributed by atoms with Gasteiger partial charge in [0, 0.05) is 5.69 Å². The van der Waals surface area contributed by atoms with Crippen molar-refractivity contribution >= 4 is 17.6 Å². The van der Waals surface area contributed by atoms with Crippen molar-refractivity contribution < 1.29 is 14.7 Å². The molecule has 22 heavy (non-hydrogen) atoms. The molecule has 4 heteroatoms. The summed E-state index contributed by atoms with van der Waals surface area (Å²) in [6.45, 7) is 3.72. The fourth-order valence-electron chi connectivity index (χ4n) is 3.11. The zero-order valence-corrected chi connectivity index (χ0v) is 12.5. The van der Waals surface area contributed by atoms with E-state index in [9.17, 15) is 14.7 Å². The number of carbonyl (C=O) groups excluding carboxylic acids is 1. The molecule has 0 bridgehead atoms. The first kappa shape index (κ1) is 14.3. The molecule has 0 aromatic heterocycles. The predicted molar refractivity (Wildman–Crippen MR) is 83.9 cm³/mol. The molecule has 1 heterocycles. The smallest absolute Gasteiger partial charge is 0.336 e. The van der Waals surface area contributed by atoms with Crippen LogP contribution >= 0.6 is 0 Å². The molecule has 1 fully saturated rings. The standard InChI is InChI=1S/C18H17NO3/c1-18(2)15(13-10-6-7-11-14(13)16(20)21)19(17(18)22)12-8-4-3-5-9-12/h3-11,15H,1-2H3,(H,20,21). The summed E-state index contributed by atoms with van der Waals surface area (Å²) in [6, 6.07) is 16.0. The summed E-state index contributed by atoms with van der Waals surface area (Å²) in [7, 11) is 0. The van der Waals surface area contributed by atoms with Crippen LogP contribution in [-0.2, 0) is 4.79 Å². The molecule has 1 amide bonds. The van der Waals surface area contributed by atoms with Crippen LogP contribution in [0, 0.1) is 5.41 Å². The highest BCUT2D eigenvalue weighted by Crippen LogP contribution is 2.52. The van der Waals surface area contributed by atoms with Crippen LogP contribution in [0.4, 0.5) is 5.69 Å². The summed E-state index contributed by atoms with van der Waals surface area (Å²) >= 11 is 0. The van der Waals surface area contributed by atoms with Crippen LogP contribution in [0.5, 0.6) is 0 Å². The number of hydrogen-bond acceptors (Lipinski definition) is 2.